The Morgan fingerprint density at radius 3 is 2.71 bits per heavy atom. The number of hydrogen-bond acceptors (Lipinski definition) is 5. The summed E-state index contributed by atoms with van der Waals surface area (Å²) in [7, 11) is 0. The van der Waals surface area contributed by atoms with Gasteiger partial charge in [0.2, 0.25) is 5.91 Å². The molecule has 0 bridgehead atoms. The maximum Gasteiger partial charge on any atom is 0.234 e. The highest BCUT2D eigenvalue weighted by Gasteiger charge is 2.19. The van der Waals surface area contributed by atoms with Crippen LogP contribution in [0.15, 0.2) is 72.1 Å². The van der Waals surface area contributed by atoms with E-state index >= 15 is 0 Å². The number of aromatic nitrogens is 4. The average Bonchev–Trinajstić information content (AvgIpc) is 3.19. The minimum absolute atomic E-state index is 0.125. The number of benzene rings is 2. The van der Waals surface area contributed by atoms with Crippen molar-refractivity contribution in [3.8, 4) is 17.1 Å². The van der Waals surface area contributed by atoms with Gasteiger partial charge in [-0.05, 0) is 48.9 Å². The molecule has 0 radical (unpaired) electrons. The molecule has 0 spiro atoms. The molecule has 2 heterocycles. The van der Waals surface area contributed by atoms with Gasteiger partial charge < -0.3 is 5.32 Å². The lowest BCUT2D eigenvalue weighted by atomic mass is 10.2. The van der Waals surface area contributed by atoms with Crippen LogP contribution in [0.2, 0.25) is 10.0 Å². The molecule has 4 aromatic rings. The lowest BCUT2D eigenvalue weighted by Crippen LogP contribution is -2.15. The van der Waals surface area contributed by atoms with E-state index in [2.05, 4.69) is 20.5 Å². The van der Waals surface area contributed by atoms with E-state index in [0.29, 0.717) is 26.7 Å². The van der Waals surface area contributed by atoms with E-state index < -0.39 is 0 Å². The number of nitrogens with zero attached hydrogens (tertiary/aromatic N) is 4. The number of para-hydroxylation sites is 1. The van der Waals surface area contributed by atoms with Crippen LogP contribution in [0.5, 0.6) is 0 Å². The number of anilines is 1. The quantitative estimate of drug-likeness (QED) is 0.368. The largest absolute Gasteiger partial charge is 0.324 e. The number of halogens is 2. The molecule has 2 aromatic heterocycles. The molecular weight excluding hydrogens is 453 g/mol. The summed E-state index contributed by atoms with van der Waals surface area (Å²) in [5.41, 5.74) is 3.30. The molecule has 1 N–H and O–H groups in total. The van der Waals surface area contributed by atoms with Gasteiger partial charge in [-0.15, -0.1) is 10.2 Å². The molecule has 0 aliphatic carbocycles. The van der Waals surface area contributed by atoms with E-state index in [1.54, 1.807) is 30.6 Å². The predicted octanol–water partition coefficient (Wildman–Crippen LogP) is 5.68. The molecule has 0 aliphatic heterocycles. The topological polar surface area (TPSA) is 72.7 Å². The highest BCUT2D eigenvalue weighted by molar-refractivity contribution is 7.99. The van der Waals surface area contributed by atoms with Crippen LogP contribution >= 0.6 is 35.0 Å². The van der Waals surface area contributed by atoms with Crippen molar-refractivity contribution in [1.29, 1.82) is 0 Å². The van der Waals surface area contributed by atoms with E-state index in [1.165, 1.54) is 11.8 Å². The maximum atomic E-state index is 12.5. The monoisotopic (exact) mass is 469 g/mol. The van der Waals surface area contributed by atoms with Gasteiger partial charge >= 0.3 is 0 Å². The maximum absolute atomic E-state index is 12.5. The number of nitrogens with one attached hydrogen (secondary N) is 1. The molecule has 0 saturated carbocycles. The number of carbonyl (C=O) groups excluding carboxylic acids is 1. The molecule has 0 atom stereocenters. The van der Waals surface area contributed by atoms with Crippen molar-refractivity contribution in [3.63, 3.8) is 0 Å². The summed E-state index contributed by atoms with van der Waals surface area (Å²) in [6.45, 7) is 2.02. The molecule has 6 nitrogen and oxygen atoms in total. The van der Waals surface area contributed by atoms with Gasteiger partial charge in [0, 0.05) is 23.0 Å². The van der Waals surface area contributed by atoms with Crippen molar-refractivity contribution in [2.24, 2.45) is 0 Å². The first kappa shape index (κ1) is 21.4. The van der Waals surface area contributed by atoms with Gasteiger partial charge in [-0.25, -0.2) is 0 Å². The zero-order valence-electron chi connectivity index (χ0n) is 16.4. The minimum Gasteiger partial charge on any atom is -0.324 e. The fraction of sp³-hybridized carbons (Fsp3) is 0.0909. The first-order chi connectivity index (χ1) is 15.0. The zero-order chi connectivity index (χ0) is 21.8. The summed E-state index contributed by atoms with van der Waals surface area (Å²) in [4.78, 5) is 16.7. The Morgan fingerprint density at radius 1 is 1.10 bits per heavy atom. The smallest absolute Gasteiger partial charge is 0.234 e. The van der Waals surface area contributed by atoms with Crippen molar-refractivity contribution in [1.82, 2.24) is 19.7 Å². The number of pyridine rings is 1. The Bertz CT molecular complexity index is 1230. The summed E-state index contributed by atoms with van der Waals surface area (Å²) in [5, 5.41) is 13.0. The fourth-order valence-electron chi connectivity index (χ4n) is 2.99. The Morgan fingerprint density at radius 2 is 1.94 bits per heavy atom. The summed E-state index contributed by atoms with van der Waals surface area (Å²) < 4.78 is 1.94. The van der Waals surface area contributed by atoms with Crippen LogP contribution in [0.3, 0.4) is 0 Å². The highest BCUT2D eigenvalue weighted by Crippen LogP contribution is 2.30. The van der Waals surface area contributed by atoms with Crippen molar-refractivity contribution >= 4 is 46.6 Å². The Balaban J connectivity index is 1.61. The molecule has 0 saturated heterocycles. The predicted molar refractivity (Wildman–Crippen MR) is 125 cm³/mol. The summed E-state index contributed by atoms with van der Waals surface area (Å²) in [5.74, 6) is 0.555. The number of hydrogen-bond donors (Lipinski definition) is 1. The van der Waals surface area contributed by atoms with E-state index in [1.807, 2.05) is 47.9 Å². The van der Waals surface area contributed by atoms with Crippen molar-refractivity contribution in [3.05, 3.63) is 82.6 Å². The number of amides is 1. The summed E-state index contributed by atoms with van der Waals surface area (Å²) >= 11 is 13.4. The molecule has 0 fully saturated rings. The molecule has 0 aliphatic rings. The number of carbonyl (C=O) groups is 1. The van der Waals surface area contributed by atoms with E-state index in [-0.39, 0.29) is 11.7 Å². The van der Waals surface area contributed by atoms with E-state index in [4.69, 9.17) is 23.2 Å². The van der Waals surface area contributed by atoms with Crippen molar-refractivity contribution < 1.29 is 4.79 Å². The van der Waals surface area contributed by atoms with E-state index in [9.17, 15) is 4.79 Å². The van der Waals surface area contributed by atoms with Gasteiger partial charge in [0.1, 0.15) is 0 Å². The number of thioether (sulfide) groups is 1. The standard InChI is InChI=1S/C22H17Cl2N5OS/c1-14-5-2-3-7-19(14)29-21(15-6-4-10-25-12-15)27-28-22(29)31-13-20(30)26-18-11-16(23)8-9-17(18)24/h2-12H,13H2,1H3,(H,26,30). The van der Waals surface area contributed by atoms with Crippen molar-refractivity contribution in [2.45, 2.75) is 12.1 Å². The van der Waals surface area contributed by atoms with Crippen molar-refractivity contribution in [2.75, 3.05) is 11.1 Å². The van der Waals surface area contributed by atoms with Crippen LogP contribution in [0, 0.1) is 6.92 Å². The molecular formula is C22H17Cl2N5OS. The molecule has 156 valence electrons. The lowest BCUT2D eigenvalue weighted by molar-refractivity contribution is -0.113. The van der Waals surface area contributed by atoms with E-state index in [0.717, 1.165) is 16.8 Å². The third kappa shape index (κ3) is 4.90. The zero-order valence-corrected chi connectivity index (χ0v) is 18.7. The molecule has 0 unspecified atom stereocenters. The van der Waals surface area contributed by atoms with Crippen LogP contribution in [0.1, 0.15) is 5.56 Å². The summed E-state index contributed by atoms with van der Waals surface area (Å²) in [6.07, 6.45) is 3.44. The number of rotatable bonds is 6. The molecule has 31 heavy (non-hydrogen) atoms. The van der Waals surface area contributed by atoms with Gasteiger partial charge in [-0.1, -0.05) is 53.2 Å². The first-order valence-corrected chi connectivity index (χ1v) is 11.1. The second-order valence-electron chi connectivity index (χ2n) is 6.63. The lowest BCUT2D eigenvalue weighted by Gasteiger charge is -2.13. The fourth-order valence-corrected chi connectivity index (χ4v) is 4.07. The second-order valence-corrected chi connectivity index (χ2v) is 8.42. The first-order valence-electron chi connectivity index (χ1n) is 9.32. The van der Waals surface area contributed by atoms with Crippen LogP contribution in [-0.4, -0.2) is 31.4 Å². The van der Waals surface area contributed by atoms with Gasteiger partial charge in [-0.3, -0.25) is 14.3 Å². The third-order valence-corrected chi connectivity index (χ3v) is 5.94. The normalized spacial score (nSPS) is 10.8. The van der Waals surface area contributed by atoms with Crippen LogP contribution in [-0.2, 0) is 4.79 Å². The van der Waals surface area contributed by atoms with Gasteiger partial charge in [0.25, 0.3) is 0 Å². The summed E-state index contributed by atoms with van der Waals surface area (Å²) in [6, 6.07) is 16.6. The number of aryl methyl sites for hydroxylation is 1. The minimum atomic E-state index is -0.226. The van der Waals surface area contributed by atoms with Gasteiger partial charge in [-0.2, -0.15) is 0 Å². The molecule has 4 rings (SSSR count). The molecule has 2 aromatic carbocycles. The van der Waals surface area contributed by atoms with Gasteiger partial charge in [0.05, 0.1) is 22.2 Å². The average molecular weight is 470 g/mol. The van der Waals surface area contributed by atoms with Gasteiger partial charge in [0.15, 0.2) is 11.0 Å². The molecule has 1 amide bonds. The highest BCUT2D eigenvalue weighted by atomic mass is 35.5. The molecule has 9 heteroatoms. The van der Waals surface area contributed by atoms with Crippen LogP contribution in [0.4, 0.5) is 5.69 Å². The second kappa shape index (κ2) is 9.51. The van der Waals surface area contributed by atoms with Crippen LogP contribution < -0.4 is 5.32 Å². The SMILES string of the molecule is Cc1ccccc1-n1c(SCC(=O)Nc2cc(Cl)ccc2Cl)nnc1-c1cccnc1. The Kier molecular flexibility index (Phi) is 6.56. The Hall–Kier alpha value is -2.87. The third-order valence-electron chi connectivity index (χ3n) is 4.44. The van der Waals surface area contributed by atoms with Crippen LogP contribution in [0.25, 0.3) is 17.1 Å². The Labute approximate surface area is 193 Å².